The van der Waals surface area contributed by atoms with Gasteiger partial charge in [0.1, 0.15) is 11.5 Å². The monoisotopic (exact) mass is 434 g/mol. The lowest BCUT2D eigenvalue weighted by atomic mass is 10.0. The summed E-state index contributed by atoms with van der Waals surface area (Å²) < 4.78 is 11.8. The van der Waals surface area contributed by atoms with Gasteiger partial charge in [-0.25, -0.2) is 0 Å². The zero-order valence-corrected chi connectivity index (χ0v) is 18.5. The van der Waals surface area contributed by atoms with E-state index in [9.17, 15) is 0 Å². The van der Waals surface area contributed by atoms with Gasteiger partial charge in [-0.3, -0.25) is 0 Å². The quantitative estimate of drug-likeness (QED) is 0.394. The van der Waals surface area contributed by atoms with E-state index in [4.69, 9.17) is 9.47 Å². The van der Waals surface area contributed by atoms with Gasteiger partial charge in [0.2, 0.25) is 0 Å². The zero-order chi connectivity index (χ0) is 22.0. The Hall–Kier alpha value is -3.92. The smallest absolute Gasteiger partial charge is 0.161 e. The SMILES string of the molecule is c1ccc2c(c1)CN(c1ccc(Cc3ccc(N4COc5ccccc5C4)cc3)cc1)CO2. The van der Waals surface area contributed by atoms with Gasteiger partial charge in [0.25, 0.3) is 0 Å². The van der Waals surface area contributed by atoms with Crippen LogP contribution in [0.15, 0.2) is 97.1 Å². The van der Waals surface area contributed by atoms with Crippen molar-refractivity contribution >= 4 is 11.4 Å². The van der Waals surface area contributed by atoms with Gasteiger partial charge in [-0.2, -0.15) is 0 Å². The number of nitrogens with zero attached hydrogens (tertiary/aromatic N) is 2. The maximum Gasteiger partial charge on any atom is 0.161 e. The van der Waals surface area contributed by atoms with E-state index in [0.717, 1.165) is 31.0 Å². The second kappa shape index (κ2) is 8.55. The first-order valence-corrected chi connectivity index (χ1v) is 11.4. The Morgan fingerprint density at radius 2 is 0.939 bits per heavy atom. The summed E-state index contributed by atoms with van der Waals surface area (Å²) in [6, 6.07) is 34.2. The highest BCUT2D eigenvalue weighted by Crippen LogP contribution is 2.30. The van der Waals surface area contributed by atoms with Crippen molar-refractivity contribution in [3.8, 4) is 11.5 Å². The number of ether oxygens (including phenoxy) is 2. The van der Waals surface area contributed by atoms with Crippen molar-refractivity contribution in [2.45, 2.75) is 19.5 Å². The molecule has 164 valence electrons. The topological polar surface area (TPSA) is 24.9 Å². The van der Waals surface area contributed by atoms with Crippen LogP contribution in [0.25, 0.3) is 0 Å². The fourth-order valence-corrected chi connectivity index (χ4v) is 4.56. The van der Waals surface area contributed by atoms with Crippen LogP contribution in [-0.2, 0) is 19.5 Å². The maximum absolute atomic E-state index is 5.91. The minimum Gasteiger partial charge on any atom is -0.473 e. The Kier molecular flexibility index (Phi) is 5.11. The Morgan fingerprint density at radius 1 is 0.515 bits per heavy atom. The van der Waals surface area contributed by atoms with Gasteiger partial charge in [-0.05, 0) is 53.9 Å². The Balaban J connectivity index is 1.10. The van der Waals surface area contributed by atoms with E-state index in [0.29, 0.717) is 13.5 Å². The first-order chi connectivity index (χ1) is 16.3. The molecule has 0 aliphatic carbocycles. The van der Waals surface area contributed by atoms with Crippen molar-refractivity contribution < 1.29 is 9.47 Å². The highest BCUT2D eigenvalue weighted by Gasteiger charge is 2.18. The van der Waals surface area contributed by atoms with Crippen LogP contribution in [0.5, 0.6) is 11.5 Å². The fraction of sp³-hybridized carbons (Fsp3) is 0.172. The highest BCUT2D eigenvalue weighted by atomic mass is 16.5. The van der Waals surface area contributed by atoms with Crippen LogP contribution in [0.3, 0.4) is 0 Å². The molecule has 4 heteroatoms. The van der Waals surface area contributed by atoms with Gasteiger partial charge in [0, 0.05) is 35.6 Å². The Bertz CT molecular complexity index is 1150. The van der Waals surface area contributed by atoms with Gasteiger partial charge in [-0.15, -0.1) is 0 Å². The molecular weight excluding hydrogens is 408 g/mol. The molecule has 0 saturated carbocycles. The van der Waals surface area contributed by atoms with Gasteiger partial charge in [0.05, 0.1) is 0 Å². The summed E-state index contributed by atoms with van der Waals surface area (Å²) in [5, 5.41) is 0. The molecule has 0 fully saturated rings. The van der Waals surface area contributed by atoms with E-state index in [1.165, 1.54) is 33.6 Å². The van der Waals surface area contributed by atoms with Crippen LogP contribution in [0.2, 0.25) is 0 Å². The lowest BCUT2D eigenvalue weighted by Gasteiger charge is -2.31. The second-order valence-corrected chi connectivity index (χ2v) is 8.67. The Labute approximate surface area is 194 Å². The first kappa shape index (κ1) is 19.7. The van der Waals surface area contributed by atoms with Crippen LogP contribution >= 0.6 is 0 Å². The van der Waals surface area contributed by atoms with E-state index in [2.05, 4.69) is 82.6 Å². The van der Waals surface area contributed by atoms with E-state index in [1.54, 1.807) is 0 Å². The molecule has 0 aromatic heterocycles. The van der Waals surface area contributed by atoms with Gasteiger partial charge >= 0.3 is 0 Å². The van der Waals surface area contributed by atoms with E-state index in [1.807, 2.05) is 24.3 Å². The molecule has 4 aromatic carbocycles. The van der Waals surface area contributed by atoms with E-state index in [-0.39, 0.29) is 0 Å². The molecule has 0 N–H and O–H groups in total. The summed E-state index contributed by atoms with van der Waals surface area (Å²) in [4.78, 5) is 4.53. The van der Waals surface area contributed by atoms with Crippen LogP contribution < -0.4 is 19.3 Å². The van der Waals surface area contributed by atoms with Crippen LogP contribution in [0, 0.1) is 0 Å². The second-order valence-electron chi connectivity index (χ2n) is 8.67. The van der Waals surface area contributed by atoms with Crippen molar-refractivity contribution in [1.29, 1.82) is 0 Å². The highest BCUT2D eigenvalue weighted by molar-refractivity contribution is 5.53. The molecule has 0 atom stereocenters. The summed E-state index contributed by atoms with van der Waals surface area (Å²) in [5.41, 5.74) is 7.45. The average Bonchev–Trinajstić information content (AvgIpc) is 2.89. The van der Waals surface area contributed by atoms with Crippen molar-refractivity contribution in [1.82, 2.24) is 0 Å². The molecule has 2 aliphatic heterocycles. The molecule has 0 radical (unpaired) electrons. The van der Waals surface area contributed by atoms with Crippen molar-refractivity contribution in [2.24, 2.45) is 0 Å². The molecule has 2 aliphatic rings. The van der Waals surface area contributed by atoms with Crippen molar-refractivity contribution in [3.05, 3.63) is 119 Å². The van der Waals surface area contributed by atoms with Gasteiger partial charge in [0.15, 0.2) is 13.5 Å². The fourth-order valence-electron chi connectivity index (χ4n) is 4.56. The van der Waals surface area contributed by atoms with Crippen molar-refractivity contribution in [2.75, 3.05) is 23.3 Å². The molecule has 0 bridgehead atoms. The normalized spacial score (nSPS) is 14.7. The average molecular weight is 435 g/mol. The summed E-state index contributed by atoms with van der Waals surface area (Å²) in [6.07, 6.45) is 0.916. The molecule has 0 amide bonds. The number of anilines is 2. The first-order valence-electron chi connectivity index (χ1n) is 11.4. The third kappa shape index (κ3) is 4.12. The van der Waals surface area contributed by atoms with E-state index >= 15 is 0 Å². The maximum atomic E-state index is 5.91. The standard InChI is InChI=1S/C29H26N2O2/c1-3-7-28-24(5-1)18-30(20-32-28)26-13-9-22(10-14-26)17-23-11-15-27(16-12-23)31-19-25-6-2-4-8-29(25)33-21-31/h1-16H,17-21H2. The summed E-state index contributed by atoms with van der Waals surface area (Å²) >= 11 is 0. The van der Waals surface area contributed by atoms with Crippen LogP contribution in [-0.4, -0.2) is 13.5 Å². The number of benzene rings is 4. The minimum absolute atomic E-state index is 0.586. The lowest BCUT2D eigenvalue weighted by Crippen LogP contribution is -2.31. The Morgan fingerprint density at radius 3 is 1.39 bits per heavy atom. The molecule has 0 unspecified atom stereocenters. The molecular formula is C29H26N2O2. The molecule has 4 nitrogen and oxygen atoms in total. The van der Waals surface area contributed by atoms with Crippen molar-refractivity contribution in [3.63, 3.8) is 0 Å². The van der Waals surface area contributed by atoms with E-state index < -0.39 is 0 Å². The number of rotatable bonds is 4. The molecule has 4 aromatic rings. The van der Waals surface area contributed by atoms with Crippen LogP contribution in [0.4, 0.5) is 11.4 Å². The minimum atomic E-state index is 0.586. The third-order valence-electron chi connectivity index (χ3n) is 6.43. The molecule has 0 spiro atoms. The summed E-state index contributed by atoms with van der Waals surface area (Å²) in [7, 11) is 0. The molecule has 2 heterocycles. The molecule has 33 heavy (non-hydrogen) atoms. The third-order valence-corrected chi connectivity index (χ3v) is 6.43. The lowest BCUT2D eigenvalue weighted by molar-refractivity contribution is 0.289. The molecule has 0 saturated heterocycles. The largest absolute Gasteiger partial charge is 0.473 e. The zero-order valence-electron chi connectivity index (χ0n) is 18.5. The summed E-state index contributed by atoms with van der Waals surface area (Å²) in [5.74, 6) is 1.99. The summed E-state index contributed by atoms with van der Waals surface area (Å²) in [6.45, 7) is 2.92. The van der Waals surface area contributed by atoms with Gasteiger partial charge < -0.3 is 19.3 Å². The van der Waals surface area contributed by atoms with Crippen LogP contribution in [0.1, 0.15) is 22.3 Å². The molecule has 6 rings (SSSR count). The number of hydrogen-bond donors (Lipinski definition) is 0. The number of hydrogen-bond acceptors (Lipinski definition) is 4. The number of para-hydroxylation sites is 2. The number of fused-ring (bicyclic) bond motifs is 2. The van der Waals surface area contributed by atoms with Gasteiger partial charge in [-0.1, -0.05) is 60.7 Å². The predicted molar refractivity (Wildman–Crippen MR) is 132 cm³/mol. The predicted octanol–water partition coefficient (Wildman–Crippen LogP) is 5.99.